The van der Waals surface area contributed by atoms with Gasteiger partial charge in [0.15, 0.2) is 6.61 Å². The number of ether oxygens (including phenoxy) is 2. The van der Waals surface area contributed by atoms with E-state index in [1.165, 1.54) is 31.4 Å². The van der Waals surface area contributed by atoms with Crippen LogP contribution in [-0.2, 0) is 16.0 Å². The number of rotatable bonds is 6. The van der Waals surface area contributed by atoms with Gasteiger partial charge in [-0.15, -0.1) is 0 Å². The maximum atomic E-state index is 12.3. The molecule has 25 heavy (non-hydrogen) atoms. The lowest BCUT2D eigenvalue weighted by Gasteiger charge is -2.07. The average Bonchev–Trinajstić information content (AvgIpc) is 2.92. The van der Waals surface area contributed by atoms with Crippen molar-refractivity contribution in [2.24, 2.45) is 0 Å². The summed E-state index contributed by atoms with van der Waals surface area (Å²) >= 11 is 0. The Balaban J connectivity index is 2.02. The van der Waals surface area contributed by atoms with Crippen molar-refractivity contribution in [3.8, 4) is 0 Å². The Hall–Kier alpha value is -2.89. The van der Waals surface area contributed by atoms with E-state index < -0.39 is 11.9 Å². The Morgan fingerprint density at radius 3 is 2.04 bits per heavy atom. The summed E-state index contributed by atoms with van der Waals surface area (Å²) < 4.78 is 11.7. The van der Waals surface area contributed by atoms with Crippen LogP contribution >= 0.6 is 0 Å². The van der Waals surface area contributed by atoms with Gasteiger partial charge >= 0.3 is 11.9 Å². The highest BCUT2D eigenvalue weighted by molar-refractivity contribution is 6.00. The molecule has 0 amide bonds. The van der Waals surface area contributed by atoms with E-state index in [1.54, 1.807) is 6.07 Å². The Bertz CT molecular complexity index is 802. The van der Waals surface area contributed by atoms with Crippen LogP contribution in [0.4, 0.5) is 0 Å². The van der Waals surface area contributed by atoms with Gasteiger partial charge < -0.3 is 14.0 Å². The van der Waals surface area contributed by atoms with Crippen LogP contribution in [0.5, 0.6) is 0 Å². The first-order chi connectivity index (χ1) is 11.9. The van der Waals surface area contributed by atoms with E-state index in [1.807, 2.05) is 25.3 Å². The lowest BCUT2D eigenvalue weighted by Crippen LogP contribution is -2.15. The number of Topliss-reactive ketones (excluding diaryl/α,β-unsaturated/α-hetero) is 1. The van der Waals surface area contributed by atoms with Crippen LogP contribution in [-0.4, -0.2) is 36.0 Å². The van der Waals surface area contributed by atoms with Gasteiger partial charge in [0.05, 0.1) is 18.2 Å². The lowest BCUT2D eigenvalue weighted by molar-refractivity contribution is 0.0474. The standard InChI is InChI=1S/C19H21NO5/c1-5-20-12(2)10-16(13(20)3)17(21)11-25-19(23)15-8-6-14(7-9-15)18(22)24-4/h6-10H,5,11H2,1-4H3. The number of ketones is 1. The van der Waals surface area contributed by atoms with E-state index in [4.69, 9.17) is 4.74 Å². The van der Waals surface area contributed by atoms with Gasteiger partial charge in [0.1, 0.15) is 0 Å². The van der Waals surface area contributed by atoms with E-state index >= 15 is 0 Å². The van der Waals surface area contributed by atoms with Crippen molar-refractivity contribution in [2.45, 2.75) is 27.3 Å². The minimum Gasteiger partial charge on any atom is -0.465 e. The number of hydrogen-bond donors (Lipinski definition) is 0. The molecule has 0 fully saturated rings. The van der Waals surface area contributed by atoms with Crippen molar-refractivity contribution >= 4 is 17.7 Å². The molecule has 0 bridgehead atoms. The summed E-state index contributed by atoms with van der Waals surface area (Å²) in [5, 5.41) is 0. The number of esters is 2. The number of benzene rings is 1. The molecular formula is C19H21NO5. The molecule has 0 N–H and O–H groups in total. The monoisotopic (exact) mass is 343 g/mol. The first-order valence-corrected chi connectivity index (χ1v) is 7.94. The van der Waals surface area contributed by atoms with Crippen molar-refractivity contribution in [3.05, 3.63) is 58.4 Å². The summed E-state index contributed by atoms with van der Waals surface area (Å²) in [6.45, 7) is 6.26. The molecule has 1 heterocycles. The van der Waals surface area contributed by atoms with Gasteiger partial charge in [-0.25, -0.2) is 9.59 Å². The molecule has 2 rings (SSSR count). The molecule has 0 aliphatic carbocycles. The van der Waals surface area contributed by atoms with Gasteiger partial charge in [-0.1, -0.05) is 0 Å². The van der Waals surface area contributed by atoms with E-state index in [0.29, 0.717) is 11.1 Å². The summed E-state index contributed by atoms with van der Waals surface area (Å²) in [4.78, 5) is 35.7. The molecule has 2 aromatic rings. The molecular weight excluding hydrogens is 322 g/mol. The quantitative estimate of drug-likeness (QED) is 0.595. The van der Waals surface area contributed by atoms with Crippen LogP contribution in [0.25, 0.3) is 0 Å². The van der Waals surface area contributed by atoms with E-state index in [-0.39, 0.29) is 18.0 Å². The predicted molar refractivity (Wildman–Crippen MR) is 92.0 cm³/mol. The van der Waals surface area contributed by atoms with Crippen molar-refractivity contribution in [3.63, 3.8) is 0 Å². The summed E-state index contributed by atoms with van der Waals surface area (Å²) in [5.41, 5.74) is 3.02. The Morgan fingerprint density at radius 2 is 1.56 bits per heavy atom. The molecule has 0 unspecified atom stereocenters. The first kappa shape index (κ1) is 18.4. The minimum absolute atomic E-state index is 0.243. The van der Waals surface area contributed by atoms with E-state index in [0.717, 1.165) is 17.9 Å². The summed E-state index contributed by atoms with van der Waals surface area (Å²) in [5.74, 6) is -1.34. The summed E-state index contributed by atoms with van der Waals surface area (Å²) in [6.07, 6.45) is 0. The molecule has 1 aromatic heterocycles. The van der Waals surface area contributed by atoms with E-state index in [9.17, 15) is 14.4 Å². The van der Waals surface area contributed by atoms with Crippen LogP contribution in [0, 0.1) is 13.8 Å². The third kappa shape index (κ3) is 3.96. The molecule has 1 aromatic carbocycles. The van der Waals surface area contributed by atoms with Gasteiger partial charge in [-0.05, 0) is 51.1 Å². The maximum absolute atomic E-state index is 12.3. The van der Waals surface area contributed by atoms with Crippen LogP contribution in [0.3, 0.4) is 0 Å². The number of hydrogen-bond acceptors (Lipinski definition) is 5. The number of aromatic nitrogens is 1. The summed E-state index contributed by atoms with van der Waals surface area (Å²) in [7, 11) is 1.28. The zero-order valence-corrected chi connectivity index (χ0v) is 14.8. The predicted octanol–water partition coefficient (Wildman–Crippen LogP) is 2.95. The first-order valence-electron chi connectivity index (χ1n) is 7.94. The SMILES string of the molecule is CCn1c(C)cc(C(=O)COC(=O)c2ccc(C(=O)OC)cc2)c1C. The van der Waals surface area contributed by atoms with Crippen LogP contribution in [0.1, 0.15) is 49.4 Å². The molecule has 0 aliphatic heterocycles. The molecule has 0 atom stereocenters. The topological polar surface area (TPSA) is 74.6 Å². The Labute approximate surface area is 146 Å². The third-order valence-electron chi connectivity index (χ3n) is 4.07. The number of nitrogens with zero attached hydrogens (tertiary/aromatic N) is 1. The van der Waals surface area contributed by atoms with Crippen molar-refractivity contribution in [1.29, 1.82) is 0 Å². The van der Waals surface area contributed by atoms with Gasteiger partial charge in [-0.3, -0.25) is 4.79 Å². The van der Waals surface area contributed by atoms with Crippen molar-refractivity contribution < 1.29 is 23.9 Å². The van der Waals surface area contributed by atoms with Gasteiger partial charge in [0.2, 0.25) is 5.78 Å². The zero-order chi connectivity index (χ0) is 18.6. The highest BCUT2D eigenvalue weighted by Crippen LogP contribution is 2.16. The largest absolute Gasteiger partial charge is 0.465 e. The summed E-state index contributed by atoms with van der Waals surface area (Å²) in [6, 6.07) is 7.67. The van der Waals surface area contributed by atoms with E-state index in [2.05, 4.69) is 4.74 Å². The average molecular weight is 343 g/mol. The lowest BCUT2D eigenvalue weighted by atomic mass is 10.1. The highest BCUT2D eigenvalue weighted by atomic mass is 16.5. The second kappa shape index (κ2) is 7.79. The highest BCUT2D eigenvalue weighted by Gasteiger charge is 2.17. The molecule has 0 saturated heterocycles. The van der Waals surface area contributed by atoms with Gasteiger partial charge in [0, 0.05) is 23.5 Å². The Morgan fingerprint density at radius 1 is 1.00 bits per heavy atom. The van der Waals surface area contributed by atoms with Crippen LogP contribution < -0.4 is 0 Å². The third-order valence-corrected chi connectivity index (χ3v) is 4.07. The minimum atomic E-state index is -0.617. The van der Waals surface area contributed by atoms with Crippen molar-refractivity contribution in [2.75, 3.05) is 13.7 Å². The Kier molecular flexibility index (Phi) is 5.75. The molecule has 6 heteroatoms. The second-order valence-corrected chi connectivity index (χ2v) is 5.60. The number of aryl methyl sites for hydroxylation is 1. The number of carbonyl (C=O) groups excluding carboxylic acids is 3. The molecule has 6 nitrogen and oxygen atoms in total. The fourth-order valence-electron chi connectivity index (χ4n) is 2.72. The normalized spacial score (nSPS) is 10.4. The van der Waals surface area contributed by atoms with Crippen molar-refractivity contribution in [1.82, 2.24) is 4.57 Å². The smallest absolute Gasteiger partial charge is 0.338 e. The molecule has 0 saturated carbocycles. The fourth-order valence-corrected chi connectivity index (χ4v) is 2.72. The molecule has 0 radical (unpaired) electrons. The van der Waals surface area contributed by atoms with Crippen LogP contribution in [0.2, 0.25) is 0 Å². The number of carbonyl (C=O) groups is 3. The molecule has 0 spiro atoms. The molecule has 0 aliphatic rings. The maximum Gasteiger partial charge on any atom is 0.338 e. The number of methoxy groups -OCH3 is 1. The van der Waals surface area contributed by atoms with Crippen LogP contribution in [0.15, 0.2) is 30.3 Å². The zero-order valence-electron chi connectivity index (χ0n) is 14.8. The molecule has 132 valence electrons. The van der Waals surface area contributed by atoms with Gasteiger partial charge in [-0.2, -0.15) is 0 Å². The fraction of sp³-hybridized carbons (Fsp3) is 0.316. The second-order valence-electron chi connectivity index (χ2n) is 5.60. The van der Waals surface area contributed by atoms with Gasteiger partial charge in [0.25, 0.3) is 0 Å².